The van der Waals surface area contributed by atoms with Crippen molar-refractivity contribution in [3.05, 3.63) is 29.8 Å². The Labute approximate surface area is 107 Å². The second kappa shape index (κ2) is 4.30. The fourth-order valence-corrected chi connectivity index (χ4v) is 2.89. The molecule has 0 spiro atoms. The number of anilines is 1. The van der Waals surface area contributed by atoms with E-state index < -0.39 is 11.4 Å². The first kappa shape index (κ1) is 11.6. The fourth-order valence-electron chi connectivity index (χ4n) is 2.89. The third-order valence-electron chi connectivity index (χ3n) is 4.30. The Morgan fingerprint density at radius 1 is 1.06 bits per heavy atom. The monoisotopic (exact) mass is 245 g/mol. The molecule has 18 heavy (non-hydrogen) atoms. The van der Waals surface area contributed by atoms with Crippen LogP contribution in [-0.4, -0.2) is 24.2 Å². The van der Waals surface area contributed by atoms with Crippen LogP contribution in [0, 0.1) is 0 Å². The first-order valence-corrected chi connectivity index (χ1v) is 6.81. The van der Waals surface area contributed by atoms with Gasteiger partial charge >= 0.3 is 5.97 Å². The molecule has 0 unspecified atom stereocenters. The van der Waals surface area contributed by atoms with Gasteiger partial charge in [0.25, 0.3) is 0 Å². The van der Waals surface area contributed by atoms with Crippen molar-refractivity contribution in [2.75, 3.05) is 18.0 Å². The van der Waals surface area contributed by atoms with Gasteiger partial charge in [-0.3, -0.25) is 4.79 Å². The molecule has 0 radical (unpaired) electrons. The molecule has 0 atom stereocenters. The summed E-state index contributed by atoms with van der Waals surface area (Å²) in [6.45, 7) is 2.26. The van der Waals surface area contributed by atoms with Crippen molar-refractivity contribution in [2.24, 2.45) is 0 Å². The van der Waals surface area contributed by atoms with Crippen LogP contribution in [0.1, 0.15) is 37.7 Å². The van der Waals surface area contributed by atoms with Crippen LogP contribution in [0.15, 0.2) is 24.3 Å². The van der Waals surface area contributed by atoms with Crippen molar-refractivity contribution < 1.29 is 9.90 Å². The highest BCUT2D eigenvalue weighted by atomic mass is 16.4. The largest absolute Gasteiger partial charge is 0.481 e. The van der Waals surface area contributed by atoms with Crippen molar-refractivity contribution in [3.8, 4) is 0 Å². The van der Waals surface area contributed by atoms with Gasteiger partial charge in [0.15, 0.2) is 0 Å². The zero-order chi connectivity index (χ0) is 12.6. The number of carboxylic acids is 1. The van der Waals surface area contributed by atoms with Gasteiger partial charge in [-0.25, -0.2) is 0 Å². The van der Waals surface area contributed by atoms with Gasteiger partial charge in [-0.15, -0.1) is 0 Å². The van der Waals surface area contributed by atoms with Crippen molar-refractivity contribution in [2.45, 2.75) is 37.5 Å². The molecule has 1 N–H and O–H groups in total. The molecular weight excluding hydrogens is 226 g/mol. The van der Waals surface area contributed by atoms with Crippen LogP contribution in [0.25, 0.3) is 0 Å². The third kappa shape index (κ3) is 1.88. The molecule has 1 aromatic carbocycles. The number of hydrogen-bond donors (Lipinski definition) is 1. The van der Waals surface area contributed by atoms with Gasteiger partial charge in [-0.1, -0.05) is 12.1 Å². The third-order valence-corrected chi connectivity index (χ3v) is 4.30. The molecule has 1 aromatic rings. The number of rotatable bonds is 3. The maximum Gasteiger partial charge on any atom is 0.314 e. The van der Waals surface area contributed by atoms with Gasteiger partial charge in [0.1, 0.15) is 0 Å². The molecule has 1 aliphatic carbocycles. The molecule has 3 rings (SSSR count). The lowest BCUT2D eigenvalue weighted by atomic mass is 9.96. The lowest BCUT2D eigenvalue weighted by Crippen LogP contribution is -2.29. The molecule has 3 nitrogen and oxygen atoms in total. The maximum atomic E-state index is 11.3. The highest BCUT2D eigenvalue weighted by Crippen LogP contribution is 2.48. The zero-order valence-electron chi connectivity index (χ0n) is 10.6. The van der Waals surface area contributed by atoms with E-state index in [2.05, 4.69) is 17.0 Å². The minimum Gasteiger partial charge on any atom is -0.481 e. The highest BCUT2D eigenvalue weighted by Gasteiger charge is 2.51. The maximum absolute atomic E-state index is 11.3. The topological polar surface area (TPSA) is 40.5 Å². The SMILES string of the molecule is O=C(O)C1(c2ccc(N3CCCCC3)cc2)CC1. The number of hydrogen-bond acceptors (Lipinski definition) is 2. The lowest BCUT2D eigenvalue weighted by molar-refractivity contribution is -0.140. The van der Waals surface area contributed by atoms with Crippen LogP contribution in [0.2, 0.25) is 0 Å². The Kier molecular flexibility index (Phi) is 2.77. The van der Waals surface area contributed by atoms with Gasteiger partial charge in [-0.2, -0.15) is 0 Å². The molecule has 3 heteroatoms. The predicted octanol–water partition coefficient (Wildman–Crippen LogP) is 2.79. The van der Waals surface area contributed by atoms with Crippen LogP contribution >= 0.6 is 0 Å². The van der Waals surface area contributed by atoms with Crippen LogP contribution in [0.3, 0.4) is 0 Å². The fraction of sp³-hybridized carbons (Fsp3) is 0.533. The van der Waals surface area contributed by atoms with Crippen LogP contribution < -0.4 is 4.90 Å². The van der Waals surface area contributed by atoms with Gasteiger partial charge in [0.05, 0.1) is 5.41 Å². The van der Waals surface area contributed by atoms with E-state index in [0.717, 1.165) is 31.5 Å². The van der Waals surface area contributed by atoms with Crippen molar-refractivity contribution in [3.63, 3.8) is 0 Å². The number of nitrogens with zero attached hydrogens (tertiary/aromatic N) is 1. The van der Waals surface area contributed by atoms with E-state index in [4.69, 9.17) is 0 Å². The molecule has 1 heterocycles. The smallest absolute Gasteiger partial charge is 0.314 e. The van der Waals surface area contributed by atoms with Crippen molar-refractivity contribution in [1.29, 1.82) is 0 Å². The molecule has 0 bridgehead atoms. The summed E-state index contributed by atoms with van der Waals surface area (Å²) in [6.07, 6.45) is 5.43. The Morgan fingerprint density at radius 2 is 1.67 bits per heavy atom. The summed E-state index contributed by atoms with van der Waals surface area (Å²) in [5, 5.41) is 9.26. The Bertz CT molecular complexity index is 442. The van der Waals surface area contributed by atoms with Gasteiger partial charge in [-0.05, 0) is 49.8 Å². The van der Waals surface area contributed by atoms with Gasteiger partial charge < -0.3 is 10.0 Å². The summed E-state index contributed by atoms with van der Waals surface area (Å²) < 4.78 is 0. The van der Waals surface area contributed by atoms with Crippen LogP contribution in [0.5, 0.6) is 0 Å². The molecule has 1 saturated carbocycles. The van der Waals surface area contributed by atoms with Gasteiger partial charge in [0.2, 0.25) is 0 Å². The summed E-state index contributed by atoms with van der Waals surface area (Å²) in [5.74, 6) is -0.673. The zero-order valence-corrected chi connectivity index (χ0v) is 10.6. The molecule has 0 aromatic heterocycles. The van der Waals surface area contributed by atoms with E-state index in [0.29, 0.717) is 0 Å². The van der Waals surface area contributed by atoms with Gasteiger partial charge in [0, 0.05) is 18.8 Å². The number of piperidine rings is 1. The van der Waals surface area contributed by atoms with E-state index in [9.17, 15) is 9.90 Å². The normalized spacial score (nSPS) is 21.7. The average molecular weight is 245 g/mol. The second-order valence-electron chi connectivity index (χ2n) is 5.48. The number of carboxylic acid groups (broad SMARTS) is 1. The molecule has 96 valence electrons. The molecular formula is C15H19NO2. The second-order valence-corrected chi connectivity index (χ2v) is 5.48. The number of carbonyl (C=O) groups is 1. The van der Waals surface area contributed by atoms with E-state index in [-0.39, 0.29) is 0 Å². The first-order valence-electron chi connectivity index (χ1n) is 6.81. The summed E-state index contributed by atoms with van der Waals surface area (Å²) in [5.41, 5.74) is 1.64. The first-order chi connectivity index (χ1) is 8.72. The quantitative estimate of drug-likeness (QED) is 0.890. The predicted molar refractivity (Wildman–Crippen MR) is 71.1 cm³/mol. The Morgan fingerprint density at radius 3 is 2.17 bits per heavy atom. The van der Waals surface area contributed by atoms with E-state index in [1.807, 2.05) is 12.1 Å². The lowest BCUT2D eigenvalue weighted by Gasteiger charge is -2.29. The van der Waals surface area contributed by atoms with Crippen molar-refractivity contribution >= 4 is 11.7 Å². The van der Waals surface area contributed by atoms with Crippen molar-refractivity contribution in [1.82, 2.24) is 0 Å². The van der Waals surface area contributed by atoms with E-state index in [1.165, 1.54) is 24.9 Å². The van der Waals surface area contributed by atoms with Crippen LogP contribution in [-0.2, 0) is 10.2 Å². The number of aliphatic carboxylic acids is 1. The average Bonchev–Trinajstić information content (AvgIpc) is 3.22. The number of benzene rings is 1. The molecule has 0 amide bonds. The summed E-state index contributed by atoms with van der Waals surface area (Å²) in [4.78, 5) is 13.7. The highest BCUT2D eigenvalue weighted by molar-refractivity contribution is 5.85. The molecule has 1 aliphatic heterocycles. The summed E-state index contributed by atoms with van der Waals surface area (Å²) in [7, 11) is 0. The molecule has 1 saturated heterocycles. The van der Waals surface area contributed by atoms with E-state index in [1.54, 1.807) is 0 Å². The minimum absolute atomic E-state index is 0.569. The Balaban J connectivity index is 1.79. The Hall–Kier alpha value is -1.51. The van der Waals surface area contributed by atoms with Crippen LogP contribution in [0.4, 0.5) is 5.69 Å². The molecule has 2 fully saturated rings. The molecule has 2 aliphatic rings. The summed E-state index contributed by atoms with van der Waals surface area (Å²) in [6, 6.07) is 8.18. The minimum atomic E-state index is -0.673. The summed E-state index contributed by atoms with van der Waals surface area (Å²) >= 11 is 0. The van der Waals surface area contributed by atoms with E-state index >= 15 is 0 Å². The standard InChI is InChI=1S/C15H19NO2/c17-14(18)15(8-9-15)12-4-6-13(7-5-12)16-10-2-1-3-11-16/h4-7H,1-3,8-11H2,(H,17,18).